The standard InChI is InChI=1S/C17H14Cl2N4O4S/c1-28(26,27)23(14-8-10(18)6-7-12(14)19)9-15(24)21-22-16-11-4-2-3-5-13(11)20-17(16)25/h2-8,20,25H,9H2,1H3. The zero-order chi connectivity index (χ0) is 20.5. The largest absolute Gasteiger partial charge is 0.493 e. The highest BCUT2D eigenvalue weighted by Crippen LogP contribution is 2.35. The third-order valence-corrected chi connectivity index (χ3v) is 5.46. The Morgan fingerprint density at radius 3 is 2.64 bits per heavy atom. The zero-order valence-electron chi connectivity index (χ0n) is 14.4. The number of azo groups is 1. The summed E-state index contributed by atoms with van der Waals surface area (Å²) in [7, 11) is -3.86. The number of fused-ring (bicyclic) bond motifs is 1. The molecule has 0 aliphatic heterocycles. The molecule has 0 spiro atoms. The van der Waals surface area contributed by atoms with Crippen LogP contribution in [0, 0.1) is 0 Å². The summed E-state index contributed by atoms with van der Waals surface area (Å²) in [6, 6.07) is 11.2. The highest BCUT2D eigenvalue weighted by Gasteiger charge is 2.23. The zero-order valence-corrected chi connectivity index (χ0v) is 16.8. The van der Waals surface area contributed by atoms with E-state index in [1.807, 2.05) is 0 Å². The van der Waals surface area contributed by atoms with Gasteiger partial charge >= 0.3 is 0 Å². The van der Waals surface area contributed by atoms with E-state index in [0.29, 0.717) is 10.9 Å². The summed E-state index contributed by atoms with van der Waals surface area (Å²) in [6.45, 7) is -0.633. The van der Waals surface area contributed by atoms with Crippen molar-refractivity contribution in [3.8, 4) is 5.88 Å². The molecular weight excluding hydrogens is 427 g/mol. The van der Waals surface area contributed by atoms with Crippen molar-refractivity contribution in [1.82, 2.24) is 4.98 Å². The Balaban J connectivity index is 1.90. The van der Waals surface area contributed by atoms with E-state index in [4.69, 9.17) is 23.2 Å². The molecule has 1 aromatic heterocycles. The first kappa shape index (κ1) is 20.1. The second-order valence-electron chi connectivity index (χ2n) is 5.83. The van der Waals surface area contributed by atoms with Crippen molar-refractivity contribution in [2.45, 2.75) is 0 Å². The topological polar surface area (TPSA) is 115 Å². The van der Waals surface area contributed by atoms with Gasteiger partial charge in [-0.15, -0.1) is 10.2 Å². The Hall–Kier alpha value is -2.62. The third-order valence-electron chi connectivity index (χ3n) is 3.78. The molecule has 0 aliphatic rings. The van der Waals surface area contributed by atoms with E-state index in [0.717, 1.165) is 10.6 Å². The van der Waals surface area contributed by atoms with Crippen LogP contribution in [0.2, 0.25) is 10.0 Å². The van der Waals surface area contributed by atoms with Crippen LogP contribution in [-0.2, 0) is 14.8 Å². The summed E-state index contributed by atoms with van der Waals surface area (Å²) in [6.07, 6.45) is 0.931. The van der Waals surface area contributed by atoms with E-state index in [2.05, 4.69) is 15.2 Å². The number of rotatable bonds is 5. The first-order chi connectivity index (χ1) is 13.2. The van der Waals surface area contributed by atoms with Crippen molar-refractivity contribution in [2.24, 2.45) is 10.2 Å². The first-order valence-electron chi connectivity index (χ1n) is 7.84. The number of aromatic nitrogens is 1. The lowest BCUT2D eigenvalue weighted by atomic mass is 10.2. The van der Waals surface area contributed by atoms with Crippen LogP contribution in [0.3, 0.4) is 0 Å². The van der Waals surface area contributed by atoms with Gasteiger partial charge in [0.15, 0.2) is 5.69 Å². The molecule has 1 amide bonds. The lowest BCUT2D eigenvalue weighted by Crippen LogP contribution is -2.34. The molecule has 0 atom stereocenters. The highest BCUT2D eigenvalue weighted by atomic mass is 35.5. The molecule has 0 fully saturated rings. The number of halogens is 2. The molecule has 8 nitrogen and oxygen atoms in total. The number of hydrogen-bond acceptors (Lipinski definition) is 5. The van der Waals surface area contributed by atoms with Crippen molar-refractivity contribution >= 4 is 61.4 Å². The summed E-state index contributed by atoms with van der Waals surface area (Å²) >= 11 is 12.0. The lowest BCUT2D eigenvalue weighted by molar-refractivity contribution is -0.116. The van der Waals surface area contributed by atoms with Crippen LogP contribution in [0.4, 0.5) is 11.4 Å². The fraction of sp³-hybridized carbons (Fsp3) is 0.118. The molecule has 28 heavy (non-hydrogen) atoms. The van der Waals surface area contributed by atoms with Crippen molar-refractivity contribution in [1.29, 1.82) is 0 Å². The summed E-state index contributed by atoms with van der Waals surface area (Å²) in [5.74, 6) is -1.11. The van der Waals surface area contributed by atoms with Gasteiger partial charge in [-0.1, -0.05) is 41.4 Å². The van der Waals surface area contributed by atoms with Gasteiger partial charge < -0.3 is 10.1 Å². The fourth-order valence-corrected chi connectivity index (χ4v) is 3.82. The number of carbonyl (C=O) groups excluding carboxylic acids is 1. The molecule has 3 aromatic rings. The van der Waals surface area contributed by atoms with Crippen molar-refractivity contribution in [3.63, 3.8) is 0 Å². The van der Waals surface area contributed by atoms with Gasteiger partial charge in [0.05, 0.1) is 22.5 Å². The van der Waals surface area contributed by atoms with Gasteiger partial charge in [0.25, 0.3) is 5.91 Å². The second kappa shape index (κ2) is 7.78. The van der Waals surface area contributed by atoms with Crippen LogP contribution in [0.1, 0.15) is 0 Å². The molecule has 0 aliphatic carbocycles. The van der Waals surface area contributed by atoms with Crippen LogP contribution in [0.15, 0.2) is 52.7 Å². The van der Waals surface area contributed by atoms with Crippen LogP contribution in [-0.4, -0.2) is 37.2 Å². The number of carbonyl (C=O) groups is 1. The maximum Gasteiger partial charge on any atom is 0.285 e. The van der Waals surface area contributed by atoms with Gasteiger partial charge in [-0.05, 0) is 24.3 Å². The molecule has 0 bridgehead atoms. The summed E-state index contributed by atoms with van der Waals surface area (Å²) < 4.78 is 25.1. The fourth-order valence-electron chi connectivity index (χ4n) is 2.53. The highest BCUT2D eigenvalue weighted by molar-refractivity contribution is 7.92. The van der Waals surface area contributed by atoms with Gasteiger partial charge in [0.1, 0.15) is 6.54 Å². The van der Waals surface area contributed by atoms with E-state index >= 15 is 0 Å². The van der Waals surface area contributed by atoms with Gasteiger partial charge in [0, 0.05) is 10.4 Å². The minimum absolute atomic E-state index is 0.0511. The lowest BCUT2D eigenvalue weighted by Gasteiger charge is -2.21. The predicted molar refractivity (Wildman–Crippen MR) is 108 cm³/mol. The number of aromatic amines is 1. The molecular formula is C17H14Cl2N4O4S. The number of nitrogens with zero attached hydrogens (tertiary/aromatic N) is 3. The smallest absolute Gasteiger partial charge is 0.285 e. The van der Waals surface area contributed by atoms with E-state index < -0.39 is 22.5 Å². The normalized spacial score (nSPS) is 12.0. The SMILES string of the molecule is CS(=O)(=O)N(CC(=O)N=Nc1c(O)[nH]c2ccccc12)c1cc(Cl)ccc1Cl. The van der Waals surface area contributed by atoms with E-state index in [-0.39, 0.29) is 27.3 Å². The molecule has 3 rings (SSSR count). The van der Waals surface area contributed by atoms with Gasteiger partial charge in [0.2, 0.25) is 15.9 Å². The van der Waals surface area contributed by atoms with Crippen molar-refractivity contribution in [3.05, 3.63) is 52.5 Å². The number of nitrogens with one attached hydrogen (secondary N) is 1. The average molecular weight is 441 g/mol. The molecule has 2 aromatic carbocycles. The van der Waals surface area contributed by atoms with Gasteiger partial charge in [-0.25, -0.2) is 8.42 Å². The molecule has 1 heterocycles. The van der Waals surface area contributed by atoms with Crippen LogP contribution < -0.4 is 4.31 Å². The number of sulfonamides is 1. The number of aromatic hydroxyl groups is 1. The molecule has 0 unspecified atom stereocenters. The summed E-state index contributed by atoms with van der Waals surface area (Å²) in [5, 5.41) is 18.2. The predicted octanol–water partition coefficient (Wildman–Crippen LogP) is 4.26. The minimum Gasteiger partial charge on any atom is -0.493 e. The molecule has 11 heteroatoms. The van der Waals surface area contributed by atoms with E-state index in [1.165, 1.54) is 18.2 Å². The Bertz CT molecular complexity index is 1190. The monoisotopic (exact) mass is 440 g/mol. The van der Waals surface area contributed by atoms with Crippen molar-refractivity contribution in [2.75, 3.05) is 17.1 Å². The third kappa shape index (κ3) is 4.27. The minimum atomic E-state index is -3.86. The Labute approximate surface area is 170 Å². The molecule has 146 valence electrons. The number of H-pyrrole nitrogens is 1. The maximum absolute atomic E-state index is 12.3. The summed E-state index contributed by atoms with van der Waals surface area (Å²) in [4.78, 5) is 15.0. The maximum atomic E-state index is 12.3. The summed E-state index contributed by atoms with van der Waals surface area (Å²) in [5.41, 5.74) is 0.746. The molecule has 0 saturated heterocycles. The first-order valence-corrected chi connectivity index (χ1v) is 10.4. The van der Waals surface area contributed by atoms with Crippen LogP contribution in [0.25, 0.3) is 10.9 Å². The second-order valence-corrected chi connectivity index (χ2v) is 8.58. The van der Waals surface area contributed by atoms with Crippen LogP contribution in [0.5, 0.6) is 5.88 Å². The molecule has 0 radical (unpaired) electrons. The van der Waals surface area contributed by atoms with Crippen molar-refractivity contribution < 1.29 is 18.3 Å². The van der Waals surface area contributed by atoms with Gasteiger partial charge in [-0.2, -0.15) is 0 Å². The number of hydrogen-bond donors (Lipinski definition) is 2. The Morgan fingerprint density at radius 1 is 1.21 bits per heavy atom. The number of para-hydroxylation sites is 1. The number of amides is 1. The van der Waals surface area contributed by atoms with E-state index in [1.54, 1.807) is 24.3 Å². The van der Waals surface area contributed by atoms with Crippen LogP contribution >= 0.6 is 23.2 Å². The Kier molecular flexibility index (Phi) is 5.59. The van der Waals surface area contributed by atoms with E-state index in [9.17, 15) is 18.3 Å². The molecule has 0 saturated carbocycles. The number of benzene rings is 2. The number of anilines is 1. The molecule has 2 N–H and O–H groups in total. The Morgan fingerprint density at radius 2 is 1.93 bits per heavy atom. The quantitative estimate of drug-likeness (QED) is 0.576. The average Bonchev–Trinajstić information content (AvgIpc) is 2.94. The van der Waals surface area contributed by atoms with Gasteiger partial charge in [-0.3, -0.25) is 9.10 Å².